The molecule has 164 valence electrons. The van der Waals surface area contributed by atoms with Gasteiger partial charge in [-0.2, -0.15) is 0 Å². The molecule has 0 unspecified atom stereocenters. The van der Waals surface area contributed by atoms with Gasteiger partial charge in [0, 0.05) is 17.6 Å². The fourth-order valence-electron chi connectivity index (χ4n) is 2.79. The molecule has 9 heteroatoms. The van der Waals surface area contributed by atoms with Gasteiger partial charge in [0.25, 0.3) is 6.47 Å². The number of thiazole rings is 1. The fourth-order valence-corrected chi connectivity index (χ4v) is 3.36. The summed E-state index contributed by atoms with van der Waals surface area (Å²) in [6.07, 6.45) is 0.545. The maximum atomic E-state index is 12.0. The summed E-state index contributed by atoms with van der Waals surface area (Å²) in [6.45, 7) is 1.03. The Morgan fingerprint density at radius 1 is 1.16 bits per heavy atom. The summed E-state index contributed by atoms with van der Waals surface area (Å²) < 4.78 is 0. The number of nitrogen functional groups attached to an aromatic ring is 1. The van der Waals surface area contributed by atoms with Crippen molar-refractivity contribution in [3.05, 3.63) is 76.8 Å². The normalized spacial score (nSPS) is 11.1. The van der Waals surface area contributed by atoms with E-state index in [1.165, 1.54) is 11.3 Å². The molecule has 0 aliphatic heterocycles. The number of aliphatic hydroxyl groups excluding tert-OH is 1. The summed E-state index contributed by atoms with van der Waals surface area (Å²) in [5.74, 6) is -0.116. The molecule has 1 amide bonds. The molecule has 1 aromatic heterocycles. The van der Waals surface area contributed by atoms with E-state index in [2.05, 4.69) is 15.6 Å². The van der Waals surface area contributed by atoms with Crippen LogP contribution in [0, 0.1) is 0 Å². The van der Waals surface area contributed by atoms with E-state index in [4.69, 9.17) is 15.6 Å². The van der Waals surface area contributed by atoms with Crippen LogP contribution in [0.1, 0.15) is 22.9 Å². The van der Waals surface area contributed by atoms with Gasteiger partial charge in [-0.1, -0.05) is 42.5 Å². The molecule has 0 fully saturated rings. The SMILES string of the molecule is Nc1nc(CC(=O)Nc2ccc(CCNC[C@H](O)c3ccccc3)cc2)cs1.O=CO. The molecule has 0 bridgehead atoms. The number of carboxylic acid groups (broad SMARTS) is 1. The van der Waals surface area contributed by atoms with Gasteiger partial charge in [-0.3, -0.25) is 9.59 Å². The van der Waals surface area contributed by atoms with Gasteiger partial charge in [0.15, 0.2) is 5.13 Å². The molecule has 3 rings (SSSR count). The van der Waals surface area contributed by atoms with E-state index in [1.807, 2.05) is 54.6 Å². The summed E-state index contributed by atoms with van der Waals surface area (Å²) in [6, 6.07) is 17.4. The zero-order valence-corrected chi connectivity index (χ0v) is 17.7. The fraction of sp³-hybridized carbons (Fsp3) is 0.227. The maximum absolute atomic E-state index is 12.0. The molecule has 1 atom stereocenters. The van der Waals surface area contributed by atoms with Crippen LogP contribution >= 0.6 is 11.3 Å². The Morgan fingerprint density at radius 2 is 1.84 bits per heavy atom. The summed E-state index contributed by atoms with van der Waals surface area (Å²) in [5.41, 5.74) is 9.08. The summed E-state index contributed by atoms with van der Waals surface area (Å²) in [7, 11) is 0. The molecule has 8 nitrogen and oxygen atoms in total. The third kappa shape index (κ3) is 8.95. The van der Waals surface area contributed by atoms with Crippen LogP contribution in [-0.2, 0) is 22.4 Å². The first-order valence-electron chi connectivity index (χ1n) is 9.62. The number of hydrogen-bond donors (Lipinski definition) is 5. The third-order valence-electron chi connectivity index (χ3n) is 4.26. The molecule has 31 heavy (non-hydrogen) atoms. The quantitative estimate of drug-likeness (QED) is 0.253. The van der Waals surface area contributed by atoms with Gasteiger partial charge in [-0.05, 0) is 36.2 Å². The lowest BCUT2D eigenvalue weighted by atomic mass is 10.1. The number of aromatic nitrogens is 1. The van der Waals surface area contributed by atoms with Crippen molar-refractivity contribution in [2.24, 2.45) is 0 Å². The highest BCUT2D eigenvalue weighted by Gasteiger charge is 2.08. The molecule has 6 N–H and O–H groups in total. The van der Waals surface area contributed by atoms with Gasteiger partial charge >= 0.3 is 0 Å². The molecule has 2 aromatic carbocycles. The van der Waals surface area contributed by atoms with Crippen LogP contribution in [-0.4, -0.2) is 40.7 Å². The van der Waals surface area contributed by atoms with Gasteiger partial charge in [0.1, 0.15) is 0 Å². The summed E-state index contributed by atoms with van der Waals surface area (Å²) >= 11 is 1.33. The Morgan fingerprint density at radius 3 is 2.45 bits per heavy atom. The van der Waals surface area contributed by atoms with Gasteiger partial charge in [-0.25, -0.2) is 4.98 Å². The molecule has 0 radical (unpaired) electrons. The lowest BCUT2D eigenvalue weighted by Gasteiger charge is -2.12. The highest BCUT2D eigenvalue weighted by atomic mass is 32.1. The minimum atomic E-state index is -0.508. The lowest BCUT2D eigenvalue weighted by Crippen LogP contribution is -2.23. The molecule has 3 aromatic rings. The molecular formula is C22H26N4O4S. The van der Waals surface area contributed by atoms with Crippen LogP contribution in [0.2, 0.25) is 0 Å². The van der Waals surface area contributed by atoms with Crippen molar-refractivity contribution in [3.8, 4) is 0 Å². The second-order valence-electron chi connectivity index (χ2n) is 6.58. The van der Waals surface area contributed by atoms with Crippen molar-refractivity contribution in [1.29, 1.82) is 0 Å². The smallest absolute Gasteiger partial charge is 0.290 e. The monoisotopic (exact) mass is 442 g/mol. The highest BCUT2D eigenvalue weighted by molar-refractivity contribution is 7.13. The van der Waals surface area contributed by atoms with Crippen molar-refractivity contribution >= 4 is 34.5 Å². The minimum absolute atomic E-state index is 0.116. The molecular weight excluding hydrogens is 416 g/mol. The van der Waals surface area contributed by atoms with Crippen molar-refractivity contribution in [1.82, 2.24) is 10.3 Å². The number of nitrogens with two attached hydrogens (primary N) is 1. The third-order valence-corrected chi connectivity index (χ3v) is 4.98. The van der Waals surface area contributed by atoms with E-state index in [1.54, 1.807) is 5.38 Å². The number of anilines is 2. The zero-order chi connectivity index (χ0) is 22.5. The largest absolute Gasteiger partial charge is 0.483 e. The van der Waals surface area contributed by atoms with Crippen LogP contribution in [0.25, 0.3) is 0 Å². The predicted octanol–water partition coefficient (Wildman–Crippen LogP) is 2.47. The molecule has 0 saturated heterocycles. The van der Waals surface area contributed by atoms with Crippen molar-refractivity contribution in [2.45, 2.75) is 18.9 Å². The first-order valence-corrected chi connectivity index (χ1v) is 10.5. The average molecular weight is 443 g/mol. The van der Waals surface area contributed by atoms with Gasteiger partial charge in [0.05, 0.1) is 18.2 Å². The first-order chi connectivity index (χ1) is 15.0. The number of amides is 1. The van der Waals surface area contributed by atoms with Crippen molar-refractivity contribution in [3.63, 3.8) is 0 Å². The molecule has 1 heterocycles. The van der Waals surface area contributed by atoms with E-state index in [0.717, 1.165) is 29.8 Å². The predicted molar refractivity (Wildman–Crippen MR) is 122 cm³/mol. The number of nitrogens with zero attached hydrogens (tertiary/aromatic N) is 1. The number of hydrogen-bond acceptors (Lipinski definition) is 7. The van der Waals surface area contributed by atoms with Crippen LogP contribution in [0.5, 0.6) is 0 Å². The van der Waals surface area contributed by atoms with E-state index in [-0.39, 0.29) is 18.8 Å². The van der Waals surface area contributed by atoms with Crippen molar-refractivity contribution in [2.75, 3.05) is 24.1 Å². The Labute approximate surface area is 184 Å². The minimum Gasteiger partial charge on any atom is -0.483 e. The van der Waals surface area contributed by atoms with E-state index in [9.17, 15) is 9.90 Å². The summed E-state index contributed by atoms with van der Waals surface area (Å²) in [5, 5.41) is 25.4. The van der Waals surface area contributed by atoms with E-state index < -0.39 is 6.10 Å². The average Bonchev–Trinajstić information content (AvgIpc) is 3.17. The van der Waals surface area contributed by atoms with E-state index >= 15 is 0 Å². The number of carbonyl (C=O) groups is 2. The van der Waals surface area contributed by atoms with Crippen LogP contribution < -0.4 is 16.4 Å². The van der Waals surface area contributed by atoms with Gasteiger partial charge in [-0.15, -0.1) is 11.3 Å². The zero-order valence-electron chi connectivity index (χ0n) is 16.9. The highest BCUT2D eigenvalue weighted by Crippen LogP contribution is 2.14. The van der Waals surface area contributed by atoms with Crippen molar-refractivity contribution < 1.29 is 19.8 Å². The standard InChI is InChI=1S/C21H24N4O2S.CH2O2/c22-21-25-18(14-28-21)12-20(27)24-17-8-6-15(7-9-17)10-11-23-13-19(26)16-4-2-1-3-5-16;2-1-3/h1-9,14,19,23,26H,10-13H2,(H2,22,25)(H,24,27);1H,(H,2,3)/t19-;/m0./s1. The Bertz CT molecular complexity index is 932. The second kappa shape index (κ2) is 13.1. The topological polar surface area (TPSA) is 138 Å². The summed E-state index contributed by atoms with van der Waals surface area (Å²) in [4.78, 5) is 24.5. The molecule has 0 saturated carbocycles. The van der Waals surface area contributed by atoms with Gasteiger partial charge in [0.2, 0.25) is 5.91 Å². The lowest BCUT2D eigenvalue weighted by molar-refractivity contribution is -0.123. The Hall–Kier alpha value is -3.27. The first kappa shape index (κ1) is 24.0. The maximum Gasteiger partial charge on any atom is 0.290 e. The molecule has 0 aliphatic rings. The second-order valence-corrected chi connectivity index (χ2v) is 7.47. The Balaban J connectivity index is 0.00000107. The van der Waals surface area contributed by atoms with Gasteiger partial charge < -0.3 is 26.6 Å². The number of benzene rings is 2. The van der Waals surface area contributed by atoms with E-state index in [0.29, 0.717) is 17.4 Å². The van der Waals surface area contributed by atoms with Crippen LogP contribution in [0.4, 0.5) is 10.8 Å². The number of nitrogens with one attached hydrogen (secondary N) is 2. The number of aliphatic hydroxyl groups is 1. The van der Waals surface area contributed by atoms with Crippen LogP contribution in [0.3, 0.4) is 0 Å². The number of rotatable bonds is 9. The van der Waals surface area contributed by atoms with Crippen LogP contribution in [0.15, 0.2) is 60.0 Å². The molecule has 0 spiro atoms. The Kier molecular flexibility index (Phi) is 10.2. The number of carbonyl (C=O) groups excluding carboxylic acids is 1. The molecule has 0 aliphatic carbocycles.